The highest BCUT2D eigenvalue weighted by Crippen LogP contribution is 2.48. The van der Waals surface area contributed by atoms with Crippen molar-refractivity contribution in [1.82, 2.24) is 20.2 Å². The van der Waals surface area contributed by atoms with Gasteiger partial charge >= 0.3 is 0 Å². The molecule has 0 unspecified atom stereocenters. The Balaban J connectivity index is 1.59. The molecule has 0 bridgehead atoms. The SMILES string of the molecule is C=C(c1ncc(-c2cc3ccncc3cc2O)nn1)[C@H]1CCC[C@@](C)(CCC)[C@@H]1F. The van der Waals surface area contributed by atoms with E-state index in [0.29, 0.717) is 22.7 Å². The molecule has 2 aromatic heterocycles. The van der Waals surface area contributed by atoms with Gasteiger partial charge in [-0.2, -0.15) is 0 Å². The van der Waals surface area contributed by atoms with Crippen molar-refractivity contribution in [2.45, 2.75) is 52.1 Å². The molecule has 0 spiro atoms. The van der Waals surface area contributed by atoms with Crippen molar-refractivity contribution in [3.05, 3.63) is 49.2 Å². The molecule has 1 fully saturated rings. The lowest BCUT2D eigenvalue weighted by Gasteiger charge is -2.42. The van der Waals surface area contributed by atoms with Gasteiger partial charge in [0.2, 0.25) is 0 Å². The first-order chi connectivity index (χ1) is 14.4. The molecule has 1 N–H and O–H groups in total. The average Bonchev–Trinajstić information content (AvgIpc) is 2.75. The second-order valence-corrected chi connectivity index (χ2v) is 8.59. The van der Waals surface area contributed by atoms with Crippen molar-refractivity contribution >= 4 is 16.3 Å². The van der Waals surface area contributed by atoms with E-state index in [1.165, 1.54) is 0 Å². The molecule has 6 heteroatoms. The van der Waals surface area contributed by atoms with Gasteiger partial charge < -0.3 is 5.11 Å². The molecule has 0 saturated heterocycles. The van der Waals surface area contributed by atoms with E-state index in [1.807, 2.05) is 19.1 Å². The fourth-order valence-electron chi connectivity index (χ4n) is 4.72. The third kappa shape index (κ3) is 3.66. The van der Waals surface area contributed by atoms with Crippen LogP contribution < -0.4 is 0 Å². The van der Waals surface area contributed by atoms with E-state index in [2.05, 4.69) is 33.7 Å². The normalized spacial score (nSPS) is 24.1. The highest BCUT2D eigenvalue weighted by atomic mass is 19.1. The number of phenolic OH excluding ortho intramolecular Hbond substituents is 1. The number of halogens is 1. The second kappa shape index (κ2) is 8.09. The van der Waals surface area contributed by atoms with Crippen molar-refractivity contribution in [1.29, 1.82) is 0 Å². The van der Waals surface area contributed by atoms with Crippen LogP contribution in [0.2, 0.25) is 0 Å². The number of fused-ring (bicyclic) bond motifs is 1. The van der Waals surface area contributed by atoms with Gasteiger partial charge in [-0.25, -0.2) is 9.37 Å². The number of pyridine rings is 1. The number of alkyl halides is 1. The molecule has 30 heavy (non-hydrogen) atoms. The van der Waals surface area contributed by atoms with Crippen molar-refractivity contribution < 1.29 is 9.50 Å². The van der Waals surface area contributed by atoms with Gasteiger partial charge in [0, 0.05) is 29.3 Å². The first-order valence-corrected chi connectivity index (χ1v) is 10.5. The van der Waals surface area contributed by atoms with Crippen LogP contribution in [0, 0.1) is 11.3 Å². The summed E-state index contributed by atoms with van der Waals surface area (Å²) >= 11 is 0. The van der Waals surface area contributed by atoms with Crippen LogP contribution in [-0.2, 0) is 0 Å². The van der Waals surface area contributed by atoms with Crippen LogP contribution in [0.15, 0.2) is 43.4 Å². The number of hydrogen-bond donors (Lipinski definition) is 1. The van der Waals surface area contributed by atoms with Crippen molar-refractivity contribution in [3.8, 4) is 17.0 Å². The highest BCUT2D eigenvalue weighted by molar-refractivity contribution is 5.89. The molecular weight excluding hydrogens is 379 g/mol. The number of phenols is 1. The minimum atomic E-state index is -0.958. The topological polar surface area (TPSA) is 71.8 Å². The van der Waals surface area contributed by atoms with Crippen molar-refractivity contribution in [2.75, 3.05) is 0 Å². The molecule has 4 rings (SSSR count). The number of allylic oxidation sites excluding steroid dienone is 1. The Bertz CT molecular complexity index is 1060. The number of hydrogen-bond acceptors (Lipinski definition) is 5. The molecule has 0 amide bonds. The lowest BCUT2D eigenvalue weighted by molar-refractivity contribution is 0.0362. The van der Waals surface area contributed by atoms with Crippen LogP contribution in [0.4, 0.5) is 4.39 Å². The van der Waals surface area contributed by atoms with Gasteiger partial charge in [0.15, 0.2) is 5.82 Å². The minimum Gasteiger partial charge on any atom is -0.507 e. The summed E-state index contributed by atoms with van der Waals surface area (Å²) in [5, 5.41) is 20.7. The van der Waals surface area contributed by atoms with Gasteiger partial charge in [0.05, 0.1) is 6.20 Å². The van der Waals surface area contributed by atoms with E-state index in [1.54, 1.807) is 24.7 Å². The number of nitrogens with zero attached hydrogens (tertiary/aromatic N) is 4. The maximum absolute atomic E-state index is 15.4. The van der Waals surface area contributed by atoms with Crippen LogP contribution in [0.25, 0.3) is 27.6 Å². The van der Waals surface area contributed by atoms with E-state index in [9.17, 15) is 5.11 Å². The van der Waals surface area contributed by atoms with Gasteiger partial charge in [0.25, 0.3) is 0 Å². The Morgan fingerprint density at radius 1 is 1.27 bits per heavy atom. The summed E-state index contributed by atoms with van der Waals surface area (Å²) in [4.78, 5) is 8.48. The summed E-state index contributed by atoms with van der Waals surface area (Å²) in [7, 11) is 0. The molecular formula is C24H27FN4O. The van der Waals surface area contributed by atoms with Crippen molar-refractivity contribution in [2.24, 2.45) is 11.3 Å². The standard InChI is InChI=1S/C24H27FN4O/c1-4-8-24(3)9-5-6-18(22(24)25)15(2)23-27-14-20(28-29-23)19-11-16-7-10-26-13-17(16)12-21(19)30/h7,10-14,18,22,30H,2,4-6,8-9H2,1,3H3/t18-,22-,24-/m1/s1. The molecule has 1 aliphatic rings. The fraction of sp³-hybridized carbons (Fsp3) is 0.417. The van der Waals surface area contributed by atoms with Gasteiger partial charge in [-0.3, -0.25) is 4.98 Å². The highest BCUT2D eigenvalue weighted by Gasteiger charge is 2.43. The van der Waals surface area contributed by atoms with E-state index in [-0.39, 0.29) is 17.1 Å². The third-order valence-corrected chi connectivity index (χ3v) is 6.43. The molecule has 1 saturated carbocycles. The van der Waals surface area contributed by atoms with Crippen molar-refractivity contribution in [3.63, 3.8) is 0 Å². The molecule has 1 aliphatic carbocycles. The molecule has 156 valence electrons. The number of aromatic hydroxyl groups is 1. The predicted molar refractivity (Wildman–Crippen MR) is 117 cm³/mol. The largest absolute Gasteiger partial charge is 0.507 e. The monoisotopic (exact) mass is 406 g/mol. The summed E-state index contributed by atoms with van der Waals surface area (Å²) in [5.41, 5.74) is 1.29. The lowest BCUT2D eigenvalue weighted by atomic mass is 9.65. The Morgan fingerprint density at radius 3 is 2.83 bits per heavy atom. The van der Waals surface area contributed by atoms with E-state index in [4.69, 9.17) is 0 Å². The van der Waals surface area contributed by atoms with Crippen LogP contribution in [0.1, 0.15) is 51.8 Å². The molecule has 3 atom stereocenters. The zero-order valence-electron chi connectivity index (χ0n) is 17.5. The molecule has 2 heterocycles. The van der Waals surface area contributed by atoms with Gasteiger partial charge in [0.1, 0.15) is 17.6 Å². The summed E-state index contributed by atoms with van der Waals surface area (Å²) in [6.07, 6.45) is 8.47. The van der Waals surface area contributed by atoms with Crippen LogP contribution in [0.5, 0.6) is 5.75 Å². The zero-order chi connectivity index (χ0) is 21.3. The zero-order valence-corrected chi connectivity index (χ0v) is 17.5. The van der Waals surface area contributed by atoms with Gasteiger partial charge in [-0.15, -0.1) is 10.2 Å². The van der Waals surface area contributed by atoms with E-state index < -0.39 is 6.17 Å². The van der Waals surface area contributed by atoms with Gasteiger partial charge in [-0.1, -0.05) is 33.3 Å². The van der Waals surface area contributed by atoms with Crippen LogP contribution in [-0.4, -0.2) is 31.4 Å². The number of benzene rings is 1. The molecule has 5 nitrogen and oxygen atoms in total. The van der Waals surface area contributed by atoms with Crippen LogP contribution in [0.3, 0.4) is 0 Å². The summed E-state index contributed by atoms with van der Waals surface area (Å²) < 4.78 is 15.4. The second-order valence-electron chi connectivity index (χ2n) is 8.59. The molecule has 1 aromatic carbocycles. The Hall–Kier alpha value is -2.89. The molecule has 3 aromatic rings. The Morgan fingerprint density at radius 2 is 2.10 bits per heavy atom. The average molecular weight is 407 g/mol. The quantitative estimate of drug-likeness (QED) is 0.584. The number of aromatic nitrogens is 4. The lowest BCUT2D eigenvalue weighted by Crippen LogP contribution is -2.39. The molecule has 0 aliphatic heterocycles. The first kappa shape index (κ1) is 20.4. The Labute approximate surface area is 176 Å². The third-order valence-electron chi connectivity index (χ3n) is 6.43. The van der Waals surface area contributed by atoms with E-state index >= 15 is 4.39 Å². The summed E-state index contributed by atoms with van der Waals surface area (Å²) in [6.45, 7) is 8.26. The smallest absolute Gasteiger partial charge is 0.177 e. The minimum absolute atomic E-state index is 0.0876. The molecule has 0 radical (unpaired) electrons. The predicted octanol–water partition coefficient (Wildman–Crippen LogP) is 5.75. The van der Waals surface area contributed by atoms with Crippen LogP contribution >= 0.6 is 0 Å². The fourth-order valence-corrected chi connectivity index (χ4v) is 4.72. The van der Waals surface area contributed by atoms with E-state index in [0.717, 1.165) is 42.9 Å². The Kier molecular flexibility index (Phi) is 5.50. The maximum Gasteiger partial charge on any atom is 0.177 e. The maximum atomic E-state index is 15.4. The summed E-state index contributed by atoms with van der Waals surface area (Å²) in [5.74, 6) is 0.172. The number of rotatable bonds is 5. The van der Waals surface area contributed by atoms with Gasteiger partial charge in [-0.05, 0) is 53.8 Å². The summed E-state index contributed by atoms with van der Waals surface area (Å²) in [6, 6.07) is 5.35. The first-order valence-electron chi connectivity index (χ1n) is 10.5.